The molecule has 1 heterocycles. The van der Waals surface area contributed by atoms with Crippen LogP contribution >= 0.6 is 0 Å². The van der Waals surface area contributed by atoms with Gasteiger partial charge in [0.25, 0.3) is 0 Å². The van der Waals surface area contributed by atoms with E-state index >= 15 is 0 Å². The van der Waals surface area contributed by atoms with Gasteiger partial charge in [-0.2, -0.15) is 5.26 Å². The molecule has 2 aromatic carbocycles. The Labute approximate surface area is 134 Å². The van der Waals surface area contributed by atoms with E-state index in [0.29, 0.717) is 16.8 Å². The molecule has 23 heavy (non-hydrogen) atoms. The molecule has 0 fully saturated rings. The normalized spacial score (nSPS) is 11.9. The van der Waals surface area contributed by atoms with Crippen LogP contribution in [0.2, 0.25) is 0 Å². The molecule has 0 saturated heterocycles. The monoisotopic (exact) mass is 304 g/mol. The van der Waals surface area contributed by atoms with Gasteiger partial charge in [-0.15, -0.1) is 0 Å². The number of ketones is 1. The van der Waals surface area contributed by atoms with Gasteiger partial charge in [0.15, 0.2) is 5.78 Å². The maximum Gasteiger partial charge on any atom is 0.159 e. The molecule has 0 spiro atoms. The molecule has 0 aliphatic rings. The average Bonchev–Trinajstić information content (AvgIpc) is 2.99. The molecule has 0 saturated carbocycles. The number of rotatable bonds is 4. The van der Waals surface area contributed by atoms with Crippen molar-refractivity contribution in [1.29, 1.82) is 5.26 Å². The third kappa shape index (κ3) is 2.92. The molecule has 3 rings (SSSR count). The summed E-state index contributed by atoms with van der Waals surface area (Å²) in [4.78, 5) is 19.4. The molecule has 5 nitrogen and oxygen atoms in total. The fourth-order valence-corrected chi connectivity index (χ4v) is 2.46. The van der Waals surface area contributed by atoms with Gasteiger partial charge in [0, 0.05) is 5.56 Å². The average molecular weight is 304 g/mol. The van der Waals surface area contributed by atoms with E-state index in [2.05, 4.69) is 21.4 Å². The third-order valence-corrected chi connectivity index (χ3v) is 3.74. The van der Waals surface area contributed by atoms with Gasteiger partial charge in [-0.05, 0) is 44.2 Å². The Bertz CT molecular complexity index is 887. The summed E-state index contributed by atoms with van der Waals surface area (Å²) in [5, 5.41) is 12.5. The predicted octanol–water partition coefficient (Wildman–Crippen LogP) is 3.81. The highest BCUT2D eigenvalue weighted by Crippen LogP contribution is 2.24. The van der Waals surface area contributed by atoms with Crippen molar-refractivity contribution in [3.63, 3.8) is 0 Å². The summed E-state index contributed by atoms with van der Waals surface area (Å²) < 4.78 is 0. The molecule has 0 bridgehead atoms. The number of benzene rings is 2. The van der Waals surface area contributed by atoms with Gasteiger partial charge < -0.3 is 10.3 Å². The molecular formula is C18H16N4O. The van der Waals surface area contributed by atoms with Gasteiger partial charge in [0.2, 0.25) is 0 Å². The summed E-state index contributed by atoms with van der Waals surface area (Å²) in [5.74, 6) is 0.747. The lowest BCUT2D eigenvalue weighted by Crippen LogP contribution is -2.10. The van der Waals surface area contributed by atoms with Crippen LogP contribution in [0.1, 0.15) is 41.6 Å². The second-order valence-electron chi connectivity index (χ2n) is 5.43. The number of nitrogens with zero attached hydrogens (tertiary/aromatic N) is 2. The standard InChI is InChI=1S/C18H16N4O/c1-11(18-21-15-5-3-4-6-16(15)22-18)20-17-9-13(12(2)23)7-8-14(17)10-19/h3-9,11,20H,1-2H3,(H,21,22). The van der Waals surface area contributed by atoms with Gasteiger partial charge in [0.05, 0.1) is 28.3 Å². The van der Waals surface area contributed by atoms with E-state index < -0.39 is 0 Å². The van der Waals surface area contributed by atoms with Crippen molar-refractivity contribution in [1.82, 2.24) is 9.97 Å². The van der Waals surface area contributed by atoms with Crippen LogP contribution in [0.25, 0.3) is 11.0 Å². The molecule has 0 radical (unpaired) electrons. The number of nitriles is 1. The molecule has 0 aliphatic heterocycles. The Morgan fingerprint density at radius 2 is 2.09 bits per heavy atom. The van der Waals surface area contributed by atoms with E-state index in [4.69, 9.17) is 0 Å². The topological polar surface area (TPSA) is 81.6 Å². The second kappa shape index (κ2) is 5.93. The Hall–Kier alpha value is -3.13. The number of fused-ring (bicyclic) bond motifs is 1. The summed E-state index contributed by atoms with van der Waals surface area (Å²) in [6, 6.07) is 14.8. The number of Topliss-reactive ketones (excluding diaryl/α,β-unsaturated/α-hetero) is 1. The van der Waals surface area contributed by atoms with E-state index in [0.717, 1.165) is 16.9 Å². The van der Waals surface area contributed by atoms with Gasteiger partial charge >= 0.3 is 0 Å². The number of imidazole rings is 1. The smallest absolute Gasteiger partial charge is 0.159 e. The van der Waals surface area contributed by atoms with Crippen LogP contribution < -0.4 is 5.32 Å². The maximum atomic E-state index is 11.5. The zero-order valence-electron chi connectivity index (χ0n) is 12.9. The number of hydrogen-bond acceptors (Lipinski definition) is 4. The first kappa shape index (κ1) is 14.8. The Morgan fingerprint density at radius 3 is 2.78 bits per heavy atom. The number of H-pyrrole nitrogens is 1. The number of nitrogens with one attached hydrogen (secondary N) is 2. The van der Waals surface area contributed by atoms with Crippen LogP contribution in [-0.4, -0.2) is 15.8 Å². The summed E-state index contributed by atoms with van der Waals surface area (Å²) in [6.07, 6.45) is 0. The minimum atomic E-state index is -0.128. The van der Waals surface area contributed by atoms with Crippen LogP contribution in [-0.2, 0) is 0 Å². The molecule has 1 atom stereocenters. The highest BCUT2D eigenvalue weighted by Gasteiger charge is 2.13. The molecule has 1 unspecified atom stereocenters. The van der Waals surface area contributed by atoms with Crippen molar-refractivity contribution in [3.05, 3.63) is 59.4 Å². The number of aromatic amines is 1. The number of carbonyl (C=O) groups excluding carboxylic acids is 1. The summed E-state index contributed by atoms with van der Waals surface area (Å²) >= 11 is 0. The van der Waals surface area contributed by atoms with Gasteiger partial charge in [-0.25, -0.2) is 4.98 Å². The maximum absolute atomic E-state index is 11.5. The quantitative estimate of drug-likeness (QED) is 0.718. The lowest BCUT2D eigenvalue weighted by Gasteiger charge is -2.15. The van der Waals surface area contributed by atoms with Crippen LogP contribution in [0, 0.1) is 11.3 Å². The van der Waals surface area contributed by atoms with Crippen molar-refractivity contribution in [3.8, 4) is 6.07 Å². The molecule has 2 N–H and O–H groups in total. The lowest BCUT2D eigenvalue weighted by molar-refractivity contribution is 0.101. The fourth-order valence-electron chi connectivity index (χ4n) is 2.46. The van der Waals surface area contributed by atoms with Crippen molar-refractivity contribution >= 4 is 22.5 Å². The molecule has 0 amide bonds. The van der Waals surface area contributed by atoms with Gasteiger partial charge in [-0.3, -0.25) is 4.79 Å². The van der Waals surface area contributed by atoms with E-state index in [1.54, 1.807) is 18.2 Å². The number of para-hydroxylation sites is 2. The van der Waals surface area contributed by atoms with Crippen LogP contribution in [0.15, 0.2) is 42.5 Å². The molecular weight excluding hydrogens is 288 g/mol. The Balaban J connectivity index is 1.92. The Kier molecular flexibility index (Phi) is 3.82. The predicted molar refractivity (Wildman–Crippen MR) is 89.3 cm³/mol. The highest BCUT2D eigenvalue weighted by molar-refractivity contribution is 5.95. The van der Waals surface area contributed by atoms with E-state index in [1.165, 1.54) is 6.92 Å². The van der Waals surface area contributed by atoms with Crippen LogP contribution in [0.3, 0.4) is 0 Å². The fraction of sp³-hybridized carbons (Fsp3) is 0.167. The molecule has 3 aromatic rings. The zero-order valence-corrected chi connectivity index (χ0v) is 12.9. The first-order valence-corrected chi connectivity index (χ1v) is 7.35. The highest BCUT2D eigenvalue weighted by atomic mass is 16.1. The van der Waals surface area contributed by atoms with E-state index in [1.807, 2.05) is 31.2 Å². The summed E-state index contributed by atoms with van der Waals surface area (Å²) in [7, 11) is 0. The van der Waals surface area contributed by atoms with Crippen molar-refractivity contribution < 1.29 is 4.79 Å². The number of anilines is 1. The van der Waals surface area contributed by atoms with Crippen molar-refractivity contribution in [2.45, 2.75) is 19.9 Å². The minimum Gasteiger partial charge on any atom is -0.374 e. The van der Waals surface area contributed by atoms with Crippen LogP contribution in [0.4, 0.5) is 5.69 Å². The number of hydrogen-bond donors (Lipinski definition) is 2. The largest absolute Gasteiger partial charge is 0.374 e. The molecule has 5 heteroatoms. The van der Waals surface area contributed by atoms with E-state index in [9.17, 15) is 10.1 Å². The first-order valence-electron chi connectivity index (χ1n) is 7.35. The third-order valence-electron chi connectivity index (χ3n) is 3.74. The van der Waals surface area contributed by atoms with Gasteiger partial charge in [0.1, 0.15) is 11.9 Å². The number of carbonyl (C=O) groups is 1. The molecule has 0 aliphatic carbocycles. The molecule has 114 valence electrons. The number of aromatic nitrogens is 2. The van der Waals surface area contributed by atoms with Crippen molar-refractivity contribution in [2.75, 3.05) is 5.32 Å². The van der Waals surface area contributed by atoms with E-state index in [-0.39, 0.29) is 11.8 Å². The van der Waals surface area contributed by atoms with Crippen molar-refractivity contribution in [2.24, 2.45) is 0 Å². The zero-order chi connectivity index (χ0) is 16.4. The SMILES string of the molecule is CC(=O)c1ccc(C#N)c(NC(C)c2nc3ccccc3[nH]2)c1. The lowest BCUT2D eigenvalue weighted by atomic mass is 10.1. The van der Waals surface area contributed by atoms with Crippen LogP contribution in [0.5, 0.6) is 0 Å². The minimum absolute atomic E-state index is 0.0334. The Morgan fingerprint density at radius 1 is 1.30 bits per heavy atom. The summed E-state index contributed by atoms with van der Waals surface area (Å²) in [5.41, 5.74) is 3.57. The first-order chi connectivity index (χ1) is 11.1. The second-order valence-corrected chi connectivity index (χ2v) is 5.43. The summed E-state index contributed by atoms with van der Waals surface area (Å²) in [6.45, 7) is 3.47. The van der Waals surface area contributed by atoms with Gasteiger partial charge in [-0.1, -0.05) is 12.1 Å². The molecule has 1 aromatic heterocycles.